The summed E-state index contributed by atoms with van der Waals surface area (Å²) in [5.74, 6) is -1.55. The summed E-state index contributed by atoms with van der Waals surface area (Å²) >= 11 is 0. The molecule has 12 heteroatoms. The number of phenols is 2. The number of hydrogen-bond acceptors (Lipinski definition) is 7. The van der Waals surface area contributed by atoms with Crippen molar-refractivity contribution in [3.63, 3.8) is 0 Å². The van der Waals surface area contributed by atoms with Crippen LogP contribution in [0.2, 0.25) is 0 Å². The summed E-state index contributed by atoms with van der Waals surface area (Å²) in [6.07, 6.45) is 0. The van der Waals surface area contributed by atoms with Crippen molar-refractivity contribution in [2.75, 3.05) is 14.2 Å². The second-order valence-electron chi connectivity index (χ2n) is 8.03. The van der Waals surface area contributed by atoms with Gasteiger partial charge < -0.3 is 14.9 Å². The van der Waals surface area contributed by atoms with Gasteiger partial charge in [-0.1, -0.05) is 18.2 Å². The summed E-state index contributed by atoms with van der Waals surface area (Å²) < 4.78 is 47.9. The summed E-state index contributed by atoms with van der Waals surface area (Å²) in [5.41, 5.74) is 0.759. The number of aromatic nitrogens is 3. The van der Waals surface area contributed by atoms with E-state index in [9.17, 15) is 27.8 Å². The molecule has 1 heterocycles. The topological polar surface area (TPSA) is 138 Å². The van der Waals surface area contributed by atoms with Gasteiger partial charge in [0.2, 0.25) is 10.0 Å². The molecule has 0 aliphatic carbocycles. The lowest BCUT2D eigenvalue weighted by Crippen LogP contribution is -2.27. The van der Waals surface area contributed by atoms with Crippen LogP contribution in [-0.2, 0) is 16.6 Å². The van der Waals surface area contributed by atoms with E-state index in [4.69, 9.17) is 4.74 Å². The summed E-state index contributed by atoms with van der Waals surface area (Å²) in [4.78, 5) is 12.0. The van der Waals surface area contributed by atoms with Crippen molar-refractivity contribution in [2.45, 2.75) is 18.4 Å². The Labute approximate surface area is 205 Å². The van der Waals surface area contributed by atoms with Gasteiger partial charge in [0.1, 0.15) is 28.0 Å². The van der Waals surface area contributed by atoms with E-state index in [1.54, 1.807) is 31.2 Å². The van der Waals surface area contributed by atoms with Crippen LogP contribution in [-0.4, -0.2) is 51.9 Å². The molecule has 36 heavy (non-hydrogen) atoms. The highest BCUT2D eigenvalue weighted by atomic mass is 32.2. The first kappa shape index (κ1) is 24.9. The molecular formula is C24H23FN4O6S. The van der Waals surface area contributed by atoms with Crippen molar-refractivity contribution < 1.29 is 27.8 Å². The molecule has 0 bridgehead atoms. The van der Waals surface area contributed by atoms with Gasteiger partial charge in [-0.15, -0.1) is 0 Å². The molecule has 4 rings (SSSR count). The van der Waals surface area contributed by atoms with Gasteiger partial charge in [-0.3, -0.25) is 0 Å². The summed E-state index contributed by atoms with van der Waals surface area (Å²) in [5, 5.41) is 27.3. The number of H-pyrrole nitrogens is 1. The van der Waals surface area contributed by atoms with Gasteiger partial charge in [-0.2, -0.15) is 9.40 Å². The molecule has 3 aromatic carbocycles. The standard InChI is InChI=1S/C24H23FN4O6S/c1-14-6-4-5-7-18(14)29-23(26-27-24(29)32)17-11-22(20(31)12-19(17)30)36(33,34)28(2)13-15-10-16(25)8-9-21(15)35-3/h4-12,30-31H,13H2,1-3H3,(H,27,32). The molecule has 0 unspecified atom stereocenters. The highest BCUT2D eigenvalue weighted by Gasteiger charge is 2.29. The fourth-order valence-corrected chi connectivity index (χ4v) is 5.06. The van der Waals surface area contributed by atoms with E-state index in [1.807, 2.05) is 0 Å². The third-order valence-electron chi connectivity index (χ3n) is 5.67. The molecule has 3 N–H and O–H groups in total. The zero-order chi connectivity index (χ0) is 26.2. The predicted octanol–water partition coefficient (Wildman–Crippen LogP) is 2.92. The molecule has 0 aliphatic heterocycles. The van der Waals surface area contributed by atoms with E-state index in [-0.39, 0.29) is 29.2 Å². The number of aromatic hydroxyl groups is 2. The van der Waals surface area contributed by atoms with Crippen LogP contribution in [0, 0.1) is 12.7 Å². The summed E-state index contributed by atoms with van der Waals surface area (Å²) in [6.45, 7) is 1.51. The number of methoxy groups -OCH3 is 1. The largest absolute Gasteiger partial charge is 0.507 e. The van der Waals surface area contributed by atoms with Crippen LogP contribution in [0.5, 0.6) is 17.2 Å². The zero-order valence-electron chi connectivity index (χ0n) is 19.6. The lowest BCUT2D eigenvalue weighted by molar-refractivity contribution is 0.395. The second kappa shape index (κ2) is 9.47. The maximum absolute atomic E-state index is 13.8. The molecule has 1 aromatic heterocycles. The lowest BCUT2D eigenvalue weighted by atomic mass is 10.1. The monoisotopic (exact) mass is 514 g/mol. The number of benzene rings is 3. The van der Waals surface area contributed by atoms with Gasteiger partial charge in [0.05, 0.1) is 18.4 Å². The average Bonchev–Trinajstić information content (AvgIpc) is 3.20. The molecule has 0 saturated heterocycles. The maximum Gasteiger partial charge on any atom is 0.348 e. The first-order valence-corrected chi connectivity index (χ1v) is 12.1. The minimum atomic E-state index is -4.36. The molecule has 0 amide bonds. The van der Waals surface area contributed by atoms with Gasteiger partial charge in [-0.05, 0) is 42.8 Å². The number of sulfonamides is 1. The second-order valence-corrected chi connectivity index (χ2v) is 10.0. The van der Waals surface area contributed by atoms with E-state index in [0.29, 0.717) is 5.69 Å². The summed E-state index contributed by atoms with van der Waals surface area (Å²) in [7, 11) is -1.73. The van der Waals surface area contributed by atoms with Crippen LogP contribution >= 0.6 is 0 Å². The number of rotatable bonds is 7. The van der Waals surface area contributed by atoms with Crippen molar-refractivity contribution in [3.8, 4) is 34.3 Å². The van der Waals surface area contributed by atoms with Gasteiger partial charge in [-0.25, -0.2) is 27.3 Å². The Hall–Kier alpha value is -4.16. The van der Waals surface area contributed by atoms with Crippen LogP contribution in [0.15, 0.2) is 64.3 Å². The molecule has 4 aromatic rings. The Balaban J connectivity index is 1.81. The number of aryl methyl sites for hydroxylation is 1. The van der Waals surface area contributed by atoms with Crippen molar-refractivity contribution in [3.05, 3.63) is 82.0 Å². The fraction of sp³-hybridized carbons (Fsp3) is 0.167. The zero-order valence-corrected chi connectivity index (χ0v) is 20.4. The molecule has 0 spiro atoms. The third-order valence-corrected chi connectivity index (χ3v) is 7.50. The van der Waals surface area contributed by atoms with Crippen molar-refractivity contribution >= 4 is 10.0 Å². The molecular weight excluding hydrogens is 491 g/mol. The molecule has 0 fully saturated rings. The number of nitrogens with one attached hydrogen (secondary N) is 1. The lowest BCUT2D eigenvalue weighted by Gasteiger charge is -2.20. The predicted molar refractivity (Wildman–Crippen MR) is 129 cm³/mol. The molecule has 0 radical (unpaired) electrons. The highest BCUT2D eigenvalue weighted by Crippen LogP contribution is 2.38. The number of hydrogen-bond donors (Lipinski definition) is 3. The smallest absolute Gasteiger partial charge is 0.348 e. The Morgan fingerprint density at radius 1 is 1.11 bits per heavy atom. The number of halogens is 1. The van der Waals surface area contributed by atoms with E-state index in [2.05, 4.69) is 10.2 Å². The first-order valence-electron chi connectivity index (χ1n) is 10.6. The maximum atomic E-state index is 13.8. The van der Waals surface area contributed by atoms with Gasteiger partial charge >= 0.3 is 5.69 Å². The average molecular weight is 515 g/mol. The Kier molecular flexibility index (Phi) is 6.57. The van der Waals surface area contributed by atoms with E-state index in [1.165, 1.54) is 30.9 Å². The first-order chi connectivity index (χ1) is 17.0. The number of nitrogens with zero attached hydrogens (tertiary/aromatic N) is 3. The molecule has 188 valence electrons. The minimum absolute atomic E-state index is 0.0577. The Morgan fingerprint density at radius 2 is 1.83 bits per heavy atom. The number of para-hydroxylation sites is 1. The minimum Gasteiger partial charge on any atom is -0.507 e. The third kappa shape index (κ3) is 4.43. The van der Waals surface area contributed by atoms with E-state index >= 15 is 0 Å². The Morgan fingerprint density at radius 3 is 2.53 bits per heavy atom. The number of ether oxygens (including phenoxy) is 1. The van der Waals surface area contributed by atoms with Crippen LogP contribution < -0.4 is 10.4 Å². The molecule has 0 atom stereocenters. The number of aromatic amines is 1. The van der Waals surface area contributed by atoms with Crippen LogP contribution in [0.25, 0.3) is 17.1 Å². The van der Waals surface area contributed by atoms with Crippen molar-refractivity contribution in [2.24, 2.45) is 0 Å². The van der Waals surface area contributed by atoms with Gasteiger partial charge in [0, 0.05) is 25.2 Å². The highest BCUT2D eigenvalue weighted by molar-refractivity contribution is 7.89. The van der Waals surface area contributed by atoms with Crippen LogP contribution in [0.1, 0.15) is 11.1 Å². The Bertz CT molecular complexity index is 1610. The molecule has 0 saturated carbocycles. The fourth-order valence-electron chi connectivity index (χ4n) is 3.82. The molecule has 0 aliphatic rings. The number of phenolic OH excluding ortho intramolecular Hbond substituents is 2. The van der Waals surface area contributed by atoms with Gasteiger partial charge in [0.15, 0.2) is 5.82 Å². The quantitative estimate of drug-likeness (QED) is 0.345. The van der Waals surface area contributed by atoms with Crippen molar-refractivity contribution in [1.82, 2.24) is 19.1 Å². The SMILES string of the molecule is COc1ccc(F)cc1CN(C)S(=O)(=O)c1cc(-c2n[nH]c(=O)n2-c2ccccc2C)c(O)cc1O. The van der Waals surface area contributed by atoms with Crippen LogP contribution in [0.3, 0.4) is 0 Å². The van der Waals surface area contributed by atoms with E-state index in [0.717, 1.165) is 28.1 Å². The van der Waals surface area contributed by atoms with E-state index < -0.39 is 37.9 Å². The molecule has 10 nitrogen and oxygen atoms in total. The summed E-state index contributed by atoms with van der Waals surface area (Å²) in [6, 6.07) is 12.6. The van der Waals surface area contributed by atoms with Gasteiger partial charge in [0.25, 0.3) is 0 Å². The van der Waals surface area contributed by atoms with Crippen LogP contribution in [0.4, 0.5) is 4.39 Å². The van der Waals surface area contributed by atoms with Crippen molar-refractivity contribution in [1.29, 1.82) is 0 Å². The normalized spacial score (nSPS) is 11.7.